The highest BCUT2D eigenvalue weighted by Crippen LogP contribution is 2.19. The number of carbonyl (C=O) groups excluding carboxylic acids is 1. The SMILES string of the molecule is CCN(CCCN1CCCC1)C(=O)NC1C[C@@H](C)O[C@H](C)C1. The van der Waals surface area contributed by atoms with Gasteiger partial charge in [-0.25, -0.2) is 4.79 Å². The first-order chi connectivity index (χ1) is 10.6. The van der Waals surface area contributed by atoms with Crippen LogP contribution in [0.15, 0.2) is 0 Å². The number of amides is 2. The van der Waals surface area contributed by atoms with Gasteiger partial charge in [-0.3, -0.25) is 0 Å². The van der Waals surface area contributed by atoms with E-state index in [-0.39, 0.29) is 24.3 Å². The number of nitrogens with zero attached hydrogens (tertiary/aromatic N) is 2. The van der Waals surface area contributed by atoms with E-state index in [1.165, 1.54) is 25.9 Å². The summed E-state index contributed by atoms with van der Waals surface area (Å²) in [5, 5.41) is 3.20. The topological polar surface area (TPSA) is 44.8 Å². The molecule has 5 nitrogen and oxygen atoms in total. The van der Waals surface area contributed by atoms with Crippen molar-refractivity contribution in [1.29, 1.82) is 0 Å². The summed E-state index contributed by atoms with van der Waals surface area (Å²) in [6.45, 7) is 11.4. The van der Waals surface area contributed by atoms with Crippen molar-refractivity contribution in [2.75, 3.05) is 32.7 Å². The number of likely N-dealkylation sites (tertiary alicyclic amines) is 1. The third-order valence-corrected chi connectivity index (χ3v) is 4.80. The van der Waals surface area contributed by atoms with E-state index in [1.54, 1.807) is 0 Å². The van der Waals surface area contributed by atoms with E-state index in [9.17, 15) is 4.79 Å². The Hall–Kier alpha value is -0.810. The van der Waals surface area contributed by atoms with Gasteiger partial charge in [-0.1, -0.05) is 0 Å². The fourth-order valence-corrected chi connectivity index (χ4v) is 3.68. The average molecular weight is 311 g/mol. The fourth-order valence-electron chi connectivity index (χ4n) is 3.68. The van der Waals surface area contributed by atoms with E-state index in [4.69, 9.17) is 4.74 Å². The molecule has 0 saturated carbocycles. The summed E-state index contributed by atoms with van der Waals surface area (Å²) < 4.78 is 5.74. The zero-order valence-electron chi connectivity index (χ0n) is 14.5. The lowest BCUT2D eigenvalue weighted by Crippen LogP contribution is -2.49. The quantitative estimate of drug-likeness (QED) is 0.819. The van der Waals surface area contributed by atoms with Gasteiger partial charge in [0.05, 0.1) is 12.2 Å². The van der Waals surface area contributed by atoms with E-state index in [2.05, 4.69) is 31.0 Å². The lowest BCUT2D eigenvalue weighted by Gasteiger charge is -2.34. The Morgan fingerprint density at radius 1 is 1.23 bits per heavy atom. The highest BCUT2D eigenvalue weighted by Gasteiger charge is 2.26. The van der Waals surface area contributed by atoms with Gasteiger partial charge >= 0.3 is 6.03 Å². The molecule has 2 aliphatic heterocycles. The van der Waals surface area contributed by atoms with E-state index in [0.717, 1.165) is 38.9 Å². The Labute approximate surface area is 135 Å². The highest BCUT2D eigenvalue weighted by atomic mass is 16.5. The molecule has 2 aliphatic rings. The molecule has 0 spiro atoms. The van der Waals surface area contributed by atoms with E-state index in [0.29, 0.717) is 0 Å². The van der Waals surface area contributed by atoms with Crippen molar-refractivity contribution < 1.29 is 9.53 Å². The van der Waals surface area contributed by atoms with Crippen LogP contribution in [0.5, 0.6) is 0 Å². The van der Waals surface area contributed by atoms with Gasteiger partial charge in [0.25, 0.3) is 0 Å². The van der Waals surface area contributed by atoms with Gasteiger partial charge in [0.15, 0.2) is 0 Å². The molecule has 0 bridgehead atoms. The van der Waals surface area contributed by atoms with Crippen LogP contribution in [-0.4, -0.2) is 66.8 Å². The Morgan fingerprint density at radius 3 is 2.45 bits per heavy atom. The summed E-state index contributed by atoms with van der Waals surface area (Å²) in [5.41, 5.74) is 0. The van der Waals surface area contributed by atoms with Crippen LogP contribution in [0.2, 0.25) is 0 Å². The van der Waals surface area contributed by atoms with Gasteiger partial charge in [0.2, 0.25) is 0 Å². The van der Waals surface area contributed by atoms with Crippen LogP contribution in [0.1, 0.15) is 52.9 Å². The minimum Gasteiger partial charge on any atom is -0.375 e. The van der Waals surface area contributed by atoms with E-state index in [1.807, 2.05) is 4.90 Å². The maximum atomic E-state index is 12.4. The standard InChI is InChI=1S/C17H33N3O2/c1-4-20(11-7-10-19-8-5-6-9-19)17(21)18-16-12-14(2)22-15(3)13-16/h14-16H,4-13H2,1-3H3,(H,18,21)/t14-,15-/m1/s1. The summed E-state index contributed by atoms with van der Waals surface area (Å²) in [5.74, 6) is 0. The zero-order valence-corrected chi connectivity index (χ0v) is 14.5. The van der Waals surface area contributed by atoms with Crippen molar-refractivity contribution in [3.8, 4) is 0 Å². The summed E-state index contributed by atoms with van der Waals surface area (Å²) in [4.78, 5) is 16.9. The zero-order chi connectivity index (χ0) is 15.9. The molecule has 0 aromatic heterocycles. The maximum absolute atomic E-state index is 12.4. The van der Waals surface area contributed by atoms with E-state index < -0.39 is 0 Å². The molecule has 2 rings (SSSR count). The Bertz CT molecular complexity index is 335. The number of carbonyl (C=O) groups is 1. The molecule has 22 heavy (non-hydrogen) atoms. The molecule has 5 heteroatoms. The second kappa shape index (κ2) is 8.73. The fraction of sp³-hybridized carbons (Fsp3) is 0.941. The normalized spacial score (nSPS) is 29.5. The first kappa shape index (κ1) is 17.5. The molecule has 0 radical (unpaired) electrons. The lowest BCUT2D eigenvalue weighted by atomic mass is 10.00. The van der Waals surface area contributed by atoms with Gasteiger partial charge in [-0.15, -0.1) is 0 Å². The van der Waals surface area contributed by atoms with Crippen molar-refractivity contribution in [3.05, 3.63) is 0 Å². The number of hydrogen-bond donors (Lipinski definition) is 1. The molecule has 2 atom stereocenters. The summed E-state index contributed by atoms with van der Waals surface area (Å²) in [6, 6.07) is 0.342. The van der Waals surface area contributed by atoms with Crippen molar-refractivity contribution in [2.24, 2.45) is 0 Å². The molecule has 2 fully saturated rings. The van der Waals surface area contributed by atoms with Crippen LogP contribution >= 0.6 is 0 Å². The number of hydrogen-bond acceptors (Lipinski definition) is 3. The molecule has 0 aliphatic carbocycles. The third-order valence-electron chi connectivity index (χ3n) is 4.80. The van der Waals surface area contributed by atoms with E-state index >= 15 is 0 Å². The number of urea groups is 1. The number of nitrogens with one attached hydrogen (secondary N) is 1. The van der Waals surface area contributed by atoms with Crippen LogP contribution in [0.3, 0.4) is 0 Å². The summed E-state index contributed by atoms with van der Waals surface area (Å²) in [6.07, 6.45) is 6.04. The molecule has 2 heterocycles. The van der Waals surface area contributed by atoms with Crippen LogP contribution in [0.25, 0.3) is 0 Å². The highest BCUT2D eigenvalue weighted by molar-refractivity contribution is 5.74. The molecular weight excluding hydrogens is 278 g/mol. The number of rotatable bonds is 6. The first-order valence-corrected chi connectivity index (χ1v) is 9.01. The Kier molecular flexibility index (Phi) is 6.96. The summed E-state index contributed by atoms with van der Waals surface area (Å²) in [7, 11) is 0. The first-order valence-electron chi connectivity index (χ1n) is 9.01. The molecule has 128 valence electrons. The predicted molar refractivity (Wildman–Crippen MR) is 89.1 cm³/mol. The summed E-state index contributed by atoms with van der Waals surface area (Å²) >= 11 is 0. The minimum atomic E-state index is 0.0928. The second-order valence-electron chi connectivity index (χ2n) is 6.86. The maximum Gasteiger partial charge on any atom is 0.317 e. The van der Waals surface area contributed by atoms with Gasteiger partial charge in [-0.05, 0) is 72.5 Å². The van der Waals surface area contributed by atoms with Crippen LogP contribution in [-0.2, 0) is 4.74 Å². The number of ether oxygens (including phenoxy) is 1. The van der Waals surface area contributed by atoms with Crippen molar-refractivity contribution in [2.45, 2.75) is 71.1 Å². The largest absolute Gasteiger partial charge is 0.375 e. The smallest absolute Gasteiger partial charge is 0.317 e. The Balaban J connectivity index is 1.70. The molecule has 1 N–H and O–H groups in total. The minimum absolute atomic E-state index is 0.0928. The molecule has 0 aromatic rings. The molecule has 2 saturated heterocycles. The van der Waals surface area contributed by atoms with Gasteiger partial charge in [0, 0.05) is 19.1 Å². The predicted octanol–water partition coefficient (Wildman–Crippen LogP) is 2.46. The monoisotopic (exact) mass is 311 g/mol. The average Bonchev–Trinajstić information content (AvgIpc) is 2.95. The van der Waals surface area contributed by atoms with Gasteiger partial charge in [-0.2, -0.15) is 0 Å². The van der Waals surface area contributed by atoms with Gasteiger partial charge in [0.1, 0.15) is 0 Å². The van der Waals surface area contributed by atoms with Gasteiger partial charge < -0.3 is 19.9 Å². The molecule has 0 aromatic carbocycles. The molecule has 0 unspecified atom stereocenters. The van der Waals surface area contributed by atoms with Crippen molar-refractivity contribution in [1.82, 2.24) is 15.1 Å². The Morgan fingerprint density at radius 2 is 1.86 bits per heavy atom. The molecular formula is C17H33N3O2. The second-order valence-corrected chi connectivity index (χ2v) is 6.86. The van der Waals surface area contributed by atoms with Crippen LogP contribution in [0, 0.1) is 0 Å². The van der Waals surface area contributed by atoms with Crippen LogP contribution in [0.4, 0.5) is 4.79 Å². The molecule has 2 amide bonds. The third kappa shape index (κ3) is 5.43. The van der Waals surface area contributed by atoms with Crippen LogP contribution < -0.4 is 5.32 Å². The van der Waals surface area contributed by atoms with Crippen molar-refractivity contribution >= 4 is 6.03 Å². The van der Waals surface area contributed by atoms with Crippen molar-refractivity contribution in [3.63, 3.8) is 0 Å². The lowest BCUT2D eigenvalue weighted by molar-refractivity contribution is -0.0407.